The van der Waals surface area contributed by atoms with E-state index in [2.05, 4.69) is 28.6 Å². The average molecular weight is 452 g/mol. The number of rotatable bonds is 6. The van der Waals surface area contributed by atoms with Gasteiger partial charge in [0.25, 0.3) is 0 Å². The van der Waals surface area contributed by atoms with E-state index in [1.807, 2.05) is 62.5 Å². The van der Waals surface area contributed by atoms with E-state index in [4.69, 9.17) is 9.47 Å². The third-order valence-corrected chi connectivity index (χ3v) is 5.94. The summed E-state index contributed by atoms with van der Waals surface area (Å²) >= 11 is 1.41. The first-order valence-corrected chi connectivity index (χ1v) is 11.6. The Hall–Kier alpha value is -2.90. The highest BCUT2D eigenvalue weighted by Gasteiger charge is 2.36. The van der Waals surface area contributed by atoms with Crippen LogP contribution < -0.4 is 20.1 Å². The fourth-order valence-electron chi connectivity index (χ4n) is 3.92. The molecule has 0 saturated carbocycles. The summed E-state index contributed by atoms with van der Waals surface area (Å²) in [6, 6.07) is 13.7. The highest BCUT2D eigenvalue weighted by Crippen LogP contribution is 2.42. The number of anilines is 1. The summed E-state index contributed by atoms with van der Waals surface area (Å²) in [6.07, 6.45) is 2.81. The number of hydrogen-bond acceptors (Lipinski definition) is 6. The zero-order valence-corrected chi connectivity index (χ0v) is 19.7. The van der Waals surface area contributed by atoms with E-state index in [1.165, 1.54) is 11.3 Å². The highest BCUT2D eigenvalue weighted by molar-refractivity contribution is 7.13. The zero-order chi connectivity index (χ0) is 22.8. The summed E-state index contributed by atoms with van der Waals surface area (Å²) in [7, 11) is 0. The molecule has 0 aliphatic carbocycles. The number of hydrogen-bond donors (Lipinski definition) is 2. The number of ether oxygens (including phenoxy) is 2. The van der Waals surface area contributed by atoms with E-state index in [-0.39, 0.29) is 17.9 Å². The molecule has 2 aromatic carbocycles. The van der Waals surface area contributed by atoms with E-state index < -0.39 is 5.54 Å². The van der Waals surface area contributed by atoms with Crippen molar-refractivity contribution in [3.8, 4) is 17.2 Å². The molecule has 168 valence electrons. The predicted octanol–water partition coefficient (Wildman–Crippen LogP) is 5.50. The second-order valence-corrected chi connectivity index (χ2v) is 10.1. The van der Waals surface area contributed by atoms with Crippen molar-refractivity contribution in [2.24, 2.45) is 0 Å². The van der Waals surface area contributed by atoms with Crippen molar-refractivity contribution in [2.45, 2.75) is 51.7 Å². The fourth-order valence-corrected chi connectivity index (χ4v) is 4.47. The smallest absolute Gasteiger partial charge is 0.228 e. The van der Waals surface area contributed by atoms with Crippen LogP contribution in [-0.2, 0) is 16.8 Å². The Morgan fingerprint density at radius 1 is 1.22 bits per heavy atom. The Bertz CT molecular complexity index is 1080. The maximum atomic E-state index is 12.8. The van der Waals surface area contributed by atoms with Crippen LogP contribution in [0.3, 0.4) is 0 Å². The van der Waals surface area contributed by atoms with Gasteiger partial charge in [-0.05, 0) is 69.5 Å². The number of nitrogens with zero attached hydrogens (tertiary/aromatic N) is 1. The largest absolute Gasteiger partial charge is 0.484 e. The van der Waals surface area contributed by atoms with Crippen LogP contribution in [0.2, 0.25) is 0 Å². The molecule has 0 radical (unpaired) electrons. The molecule has 2 heterocycles. The van der Waals surface area contributed by atoms with Gasteiger partial charge in [0.15, 0.2) is 16.6 Å². The second kappa shape index (κ2) is 8.92. The Balaban J connectivity index is 1.68. The van der Waals surface area contributed by atoms with Crippen molar-refractivity contribution in [1.82, 2.24) is 10.3 Å². The Morgan fingerprint density at radius 3 is 2.69 bits per heavy atom. The van der Waals surface area contributed by atoms with Crippen molar-refractivity contribution >= 4 is 22.4 Å². The SMILES string of the molecule is CC(C)(C)Oc1cc2c(cc1Oc1ccccc1)C(C)(CC(=O)Nc1nccs1)NCC2. The molecule has 7 heteroatoms. The minimum Gasteiger partial charge on any atom is -0.484 e. The van der Waals surface area contributed by atoms with Crippen LogP contribution in [0.25, 0.3) is 0 Å². The monoisotopic (exact) mass is 451 g/mol. The lowest BCUT2D eigenvalue weighted by Crippen LogP contribution is -2.47. The van der Waals surface area contributed by atoms with E-state index in [0.717, 1.165) is 29.8 Å². The van der Waals surface area contributed by atoms with Crippen molar-refractivity contribution in [1.29, 1.82) is 0 Å². The van der Waals surface area contributed by atoms with E-state index >= 15 is 0 Å². The molecule has 4 rings (SSSR count). The first kappa shape index (κ1) is 22.3. The quantitative estimate of drug-likeness (QED) is 0.518. The summed E-state index contributed by atoms with van der Waals surface area (Å²) in [4.78, 5) is 16.9. The average Bonchev–Trinajstić information content (AvgIpc) is 3.21. The topological polar surface area (TPSA) is 72.5 Å². The van der Waals surface area contributed by atoms with Crippen LogP contribution in [0.5, 0.6) is 17.2 Å². The molecule has 3 aromatic rings. The minimum atomic E-state index is -0.538. The first-order chi connectivity index (χ1) is 15.2. The van der Waals surface area contributed by atoms with Crippen molar-refractivity contribution in [3.63, 3.8) is 0 Å². The summed E-state index contributed by atoms with van der Waals surface area (Å²) < 4.78 is 12.5. The molecular weight excluding hydrogens is 422 g/mol. The van der Waals surface area contributed by atoms with Gasteiger partial charge < -0.3 is 20.1 Å². The molecule has 32 heavy (non-hydrogen) atoms. The standard InChI is InChI=1S/C25H29N3O3S/c1-24(2,3)31-21-14-17-10-11-27-25(4,16-22(29)28-23-26-12-13-32-23)19(17)15-20(21)30-18-8-6-5-7-9-18/h5-9,12-15,27H,10-11,16H2,1-4H3,(H,26,28,29). The van der Waals surface area contributed by atoms with E-state index in [9.17, 15) is 4.79 Å². The minimum absolute atomic E-state index is 0.0802. The maximum Gasteiger partial charge on any atom is 0.228 e. The Morgan fingerprint density at radius 2 is 2.00 bits per heavy atom. The molecule has 2 N–H and O–H groups in total. The zero-order valence-electron chi connectivity index (χ0n) is 18.9. The van der Waals surface area contributed by atoms with Gasteiger partial charge in [-0.15, -0.1) is 11.3 Å². The predicted molar refractivity (Wildman–Crippen MR) is 128 cm³/mol. The number of thiazole rings is 1. The molecule has 0 spiro atoms. The molecule has 1 unspecified atom stereocenters. The van der Waals surface area contributed by atoms with Gasteiger partial charge in [0.1, 0.15) is 11.4 Å². The molecule has 1 amide bonds. The van der Waals surface area contributed by atoms with Crippen LogP contribution in [0.4, 0.5) is 5.13 Å². The van der Waals surface area contributed by atoms with Gasteiger partial charge >= 0.3 is 0 Å². The summed E-state index contributed by atoms with van der Waals surface area (Å²) in [5, 5.41) is 8.89. The summed E-state index contributed by atoms with van der Waals surface area (Å²) in [5.41, 5.74) is 1.30. The first-order valence-electron chi connectivity index (χ1n) is 10.8. The number of aromatic nitrogens is 1. The molecule has 1 aromatic heterocycles. The van der Waals surface area contributed by atoms with Crippen LogP contribution >= 0.6 is 11.3 Å². The molecular formula is C25H29N3O3S. The Kier molecular flexibility index (Phi) is 6.22. The molecule has 0 fully saturated rings. The number of benzene rings is 2. The number of carbonyl (C=O) groups is 1. The Labute approximate surface area is 193 Å². The van der Waals surface area contributed by atoms with Crippen LogP contribution in [-0.4, -0.2) is 23.0 Å². The van der Waals surface area contributed by atoms with Crippen molar-refractivity contribution in [3.05, 3.63) is 65.2 Å². The maximum absolute atomic E-state index is 12.8. The third-order valence-electron chi connectivity index (χ3n) is 5.25. The number of fused-ring (bicyclic) bond motifs is 1. The lowest BCUT2D eigenvalue weighted by Gasteiger charge is -2.37. The van der Waals surface area contributed by atoms with Gasteiger partial charge in [-0.25, -0.2) is 4.98 Å². The van der Waals surface area contributed by atoms with Crippen LogP contribution in [0.15, 0.2) is 54.0 Å². The lowest BCUT2D eigenvalue weighted by molar-refractivity contribution is -0.117. The van der Waals surface area contributed by atoms with Gasteiger partial charge in [0.2, 0.25) is 5.91 Å². The molecule has 1 aliphatic rings. The van der Waals surface area contributed by atoms with Crippen LogP contribution in [0.1, 0.15) is 45.2 Å². The van der Waals surface area contributed by atoms with Crippen molar-refractivity contribution in [2.75, 3.05) is 11.9 Å². The lowest BCUT2D eigenvalue weighted by atomic mass is 9.81. The molecule has 1 atom stereocenters. The number of nitrogens with one attached hydrogen (secondary N) is 2. The van der Waals surface area contributed by atoms with Gasteiger partial charge in [-0.2, -0.15) is 0 Å². The van der Waals surface area contributed by atoms with Gasteiger partial charge in [-0.3, -0.25) is 4.79 Å². The summed E-state index contributed by atoms with van der Waals surface area (Å²) in [5.74, 6) is 2.00. The number of para-hydroxylation sites is 1. The van der Waals surface area contributed by atoms with Gasteiger partial charge in [0.05, 0.1) is 0 Å². The molecule has 1 aliphatic heterocycles. The third kappa shape index (κ3) is 5.29. The van der Waals surface area contributed by atoms with Gasteiger partial charge in [0, 0.05) is 30.1 Å². The normalized spacial score (nSPS) is 18.0. The number of carbonyl (C=O) groups excluding carboxylic acids is 1. The fraction of sp³-hybridized carbons (Fsp3) is 0.360. The van der Waals surface area contributed by atoms with Gasteiger partial charge in [-0.1, -0.05) is 18.2 Å². The van der Waals surface area contributed by atoms with E-state index in [0.29, 0.717) is 16.6 Å². The van der Waals surface area contributed by atoms with Crippen molar-refractivity contribution < 1.29 is 14.3 Å². The second-order valence-electron chi connectivity index (χ2n) is 9.16. The molecule has 6 nitrogen and oxygen atoms in total. The van der Waals surface area contributed by atoms with Crippen LogP contribution in [0, 0.1) is 0 Å². The van der Waals surface area contributed by atoms with E-state index in [1.54, 1.807) is 6.20 Å². The number of amides is 1. The highest BCUT2D eigenvalue weighted by atomic mass is 32.1. The molecule has 0 saturated heterocycles. The molecule has 0 bridgehead atoms. The summed E-state index contributed by atoms with van der Waals surface area (Å²) in [6.45, 7) is 8.90.